The van der Waals surface area contributed by atoms with Crippen molar-refractivity contribution in [3.63, 3.8) is 0 Å². The first kappa shape index (κ1) is 22.1. The van der Waals surface area contributed by atoms with Gasteiger partial charge in [0.15, 0.2) is 0 Å². The van der Waals surface area contributed by atoms with Gasteiger partial charge < -0.3 is 9.64 Å². The Morgan fingerprint density at radius 2 is 1.73 bits per heavy atom. The summed E-state index contributed by atoms with van der Waals surface area (Å²) >= 11 is 1.24. The summed E-state index contributed by atoms with van der Waals surface area (Å²) in [5.41, 5.74) is 0.0973. The van der Waals surface area contributed by atoms with E-state index in [0.29, 0.717) is 10.6 Å². The molecule has 1 heterocycles. The van der Waals surface area contributed by atoms with Crippen molar-refractivity contribution in [2.75, 3.05) is 39.5 Å². The van der Waals surface area contributed by atoms with Gasteiger partial charge in [-0.15, -0.1) is 11.8 Å². The average Bonchev–Trinajstić information content (AvgIpc) is 2.78. The highest BCUT2D eigenvalue weighted by atomic mass is 32.2. The molecule has 1 aliphatic heterocycles. The Balaban J connectivity index is 1.71. The number of nitro benzene ring substituents is 1. The summed E-state index contributed by atoms with van der Waals surface area (Å²) in [6.45, 7) is 0.689. The lowest BCUT2D eigenvalue weighted by Gasteiger charge is -2.34. The van der Waals surface area contributed by atoms with Crippen LogP contribution in [0.5, 0.6) is 5.75 Å². The molecule has 3 rings (SSSR count). The zero-order chi connectivity index (χ0) is 21.9. The van der Waals surface area contributed by atoms with E-state index < -0.39 is 14.9 Å². The molecule has 2 aromatic carbocycles. The first-order valence-electron chi connectivity index (χ1n) is 9.04. The molecule has 30 heavy (non-hydrogen) atoms. The lowest BCUT2D eigenvalue weighted by molar-refractivity contribution is -0.387. The molecule has 0 radical (unpaired) electrons. The second kappa shape index (κ2) is 9.02. The molecule has 160 valence electrons. The molecular weight excluding hydrogens is 430 g/mol. The van der Waals surface area contributed by atoms with Crippen LogP contribution >= 0.6 is 11.8 Å². The number of amides is 1. The van der Waals surface area contributed by atoms with Crippen molar-refractivity contribution in [1.29, 1.82) is 0 Å². The zero-order valence-electron chi connectivity index (χ0n) is 16.5. The van der Waals surface area contributed by atoms with Crippen LogP contribution in [0.25, 0.3) is 0 Å². The number of ether oxygens (including phenoxy) is 1. The number of hydrogen-bond acceptors (Lipinski definition) is 7. The van der Waals surface area contributed by atoms with E-state index in [-0.39, 0.29) is 48.2 Å². The van der Waals surface area contributed by atoms with Crippen LogP contribution in [0.3, 0.4) is 0 Å². The van der Waals surface area contributed by atoms with Crippen LogP contribution in [0.15, 0.2) is 52.3 Å². The second-order valence-corrected chi connectivity index (χ2v) is 9.30. The molecule has 0 spiro atoms. The Hall–Kier alpha value is -2.63. The normalized spacial score (nSPS) is 15.1. The van der Waals surface area contributed by atoms with E-state index in [9.17, 15) is 23.3 Å². The first-order chi connectivity index (χ1) is 14.3. The number of sulfonamides is 1. The highest BCUT2D eigenvalue weighted by molar-refractivity contribution is 7.98. The summed E-state index contributed by atoms with van der Waals surface area (Å²) in [7, 11) is -2.18. The number of carbonyl (C=O) groups excluding carboxylic acids is 1. The van der Waals surface area contributed by atoms with Gasteiger partial charge in [-0.1, -0.05) is 0 Å². The van der Waals surface area contributed by atoms with Gasteiger partial charge in [-0.2, -0.15) is 4.31 Å². The van der Waals surface area contributed by atoms with Crippen LogP contribution in [0.4, 0.5) is 5.69 Å². The van der Waals surface area contributed by atoms with Crippen molar-refractivity contribution in [1.82, 2.24) is 9.21 Å². The Labute approximate surface area is 178 Å². The van der Waals surface area contributed by atoms with Crippen molar-refractivity contribution in [3.05, 3.63) is 58.1 Å². The number of methoxy groups -OCH3 is 1. The topological polar surface area (TPSA) is 110 Å². The summed E-state index contributed by atoms with van der Waals surface area (Å²) in [5, 5.41) is 11.2. The predicted molar refractivity (Wildman–Crippen MR) is 113 cm³/mol. The molecule has 0 unspecified atom stereocenters. The molecular formula is C19H21N3O6S2. The summed E-state index contributed by atoms with van der Waals surface area (Å²) in [6, 6.07) is 10.5. The van der Waals surface area contributed by atoms with Gasteiger partial charge in [0.25, 0.3) is 11.6 Å². The van der Waals surface area contributed by atoms with Crippen LogP contribution < -0.4 is 4.74 Å². The van der Waals surface area contributed by atoms with Crippen molar-refractivity contribution in [3.8, 4) is 5.75 Å². The number of thioether (sulfide) groups is 1. The highest BCUT2D eigenvalue weighted by Crippen LogP contribution is 2.29. The molecule has 0 atom stereocenters. The van der Waals surface area contributed by atoms with Crippen molar-refractivity contribution in [2.45, 2.75) is 9.79 Å². The Bertz CT molecular complexity index is 1050. The molecule has 0 aliphatic carbocycles. The van der Waals surface area contributed by atoms with Crippen molar-refractivity contribution < 1.29 is 22.9 Å². The largest absolute Gasteiger partial charge is 0.497 e. The Kier molecular flexibility index (Phi) is 6.64. The van der Waals surface area contributed by atoms with Gasteiger partial charge in [-0.25, -0.2) is 8.42 Å². The summed E-state index contributed by atoms with van der Waals surface area (Å²) in [6.07, 6.45) is 1.73. The van der Waals surface area contributed by atoms with E-state index in [1.54, 1.807) is 30.5 Å². The molecule has 1 aliphatic rings. The van der Waals surface area contributed by atoms with E-state index in [0.717, 1.165) is 0 Å². The first-order valence-corrected chi connectivity index (χ1v) is 11.7. The van der Waals surface area contributed by atoms with Crippen LogP contribution in [0.2, 0.25) is 0 Å². The summed E-state index contributed by atoms with van der Waals surface area (Å²) in [5.74, 6) is 0.207. The molecule has 0 bridgehead atoms. The molecule has 0 saturated carbocycles. The maximum atomic E-state index is 12.8. The second-order valence-electron chi connectivity index (χ2n) is 6.52. The van der Waals surface area contributed by atoms with Crippen molar-refractivity contribution >= 4 is 33.4 Å². The molecule has 0 N–H and O–H groups in total. The number of benzene rings is 2. The maximum absolute atomic E-state index is 12.8. The summed E-state index contributed by atoms with van der Waals surface area (Å²) in [4.78, 5) is 25.7. The zero-order valence-corrected chi connectivity index (χ0v) is 18.1. The van der Waals surface area contributed by atoms with Crippen LogP contribution in [-0.4, -0.2) is 68.0 Å². The minimum absolute atomic E-state index is 0.117. The van der Waals surface area contributed by atoms with Crippen LogP contribution in [0, 0.1) is 10.1 Å². The van der Waals surface area contributed by atoms with E-state index in [1.165, 1.54) is 46.3 Å². The van der Waals surface area contributed by atoms with Gasteiger partial charge in [0.2, 0.25) is 10.0 Å². The molecule has 1 saturated heterocycles. The fourth-order valence-corrected chi connectivity index (χ4v) is 5.15. The molecule has 1 amide bonds. The number of piperazine rings is 1. The fourth-order valence-electron chi connectivity index (χ4n) is 3.18. The lowest BCUT2D eigenvalue weighted by Crippen LogP contribution is -2.50. The third-order valence-corrected chi connectivity index (χ3v) is 7.54. The number of nitro groups is 1. The summed E-state index contributed by atoms with van der Waals surface area (Å²) < 4.78 is 32.0. The van der Waals surface area contributed by atoms with Crippen LogP contribution in [0.1, 0.15) is 10.4 Å². The minimum Gasteiger partial charge on any atom is -0.497 e. The number of rotatable bonds is 6. The third-order valence-electron chi connectivity index (χ3n) is 4.85. The molecule has 1 fully saturated rings. The molecule has 11 heteroatoms. The Morgan fingerprint density at radius 1 is 1.10 bits per heavy atom. The van der Waals surface area contributed by atoms with Gasteiger partial charge in [0, 0.05) is 37.8 Å². The van der Waals surface area contributed by atoms with E-state index >= 15 is 0 Å². The monoisotopic (exact) mass is 451 g/mol. The molecule has 0 aromatic heterocycles. The number of nitrogens with zero attached hydrogens (tertiary/aromatic N) is 3. The number of carbonyl (C=O) groups is 1. The smallest absolute Gasteiger partial charge is 0.283 e. The highest BCUT2D eigenvalue weighted by Gasteiger charge is 2.31. The van der Waals surface area contributed by atoms with E-state index in [1.807, 2.05) is 0 Å². The fraction of sp³-hybridized carbons (Fsp3) is 0.316. The van der Waals surface area contributed by atoms with Gasteiger partial charge in [-0.3, -0.25) is 14.9 Å². The third kappa shape index (κ3) is 4.42. The average molecular weight is 452 g/mol. The van der Waals surface area contributed by atoms with Gasteiger partial charge in [-0.05, 0) is 42.7 Å². The van der Waals surface area contributed by atoms with Gasteiger partial charge in [0.1, 0.15) is 5.75 Å². The Morgan fingerprint density at radius 3 is 2.27 bits per heavy atom. The van der Waals surface area contributed by atoms with E-state index in [2.05, 4.69) is 0 Å². The lowest BCUT2D eigenvalue weighted by atomic mass is 10.1. The standard InChI is InChI=1S/C19H21N3O6S2/c1-28-15-4-6-16(7-5-15)30(26,27)21-11-9-20(10-12-21)19(23)14-3-8-18(29-2)17(13-14)22(24)25/h3-8,13H,9-12H2,1-2H3. The van der Waals surface area contributed by atoms with Gasteiger partial charge >= 0.3 is 0 Å². The molecule has 9 nitrogen and oxygen atoms in total. The van der Waals surface area contributed by atoms with Crippen LogP contribution in [-0.2, 0) is 10.0 Å². The molecule has 2 aromatic rings. The minimum atomic E-state index is -3.68. The predicted octanol–water partition coefficient (Wildman–Crippen LogP) is 2.47. The van der Waals surface area contributed by atoms with Crippen molar-refractivity contribution in [2.24, 2.45) is 0 Å². The SMILES string of the molecule is COc1ccc(S(=O)(=O)N2CCN(C(=O)c3ccc(SC)c([N+](=O)[O-])c3)CC2)cc1. The van der Waals surface area contributed by atoms with Gasteiger partial charge in [0.05, 0.1) is 21.8 Å². The maximum Gasteiger partial charge on any atom is 0.283 e. The quantitative estimate of drug-likeness (QED) is 0.377. The number of hydrogen-bond donors (Lipinski definition) is 0. The van der Waals surface area contributed by atoms with E-state index in [4.69, 9.17) is 4.74 Å².